The molecule has 0 aliphatic heterocycles. The van der Waals surface area contributed by atoms with Crippen LogP contribution >= 0.6 is 0 Å². The second-order valence-corrected chi connectivity index (χ2v) is 6.36. The number of rotatable bonds is 6. The van der Waals surface area contributed by atoms with E-state index in [1.54, 1.807) is 20.2 Å². The van der Waals surface area contributed by atoms with Crippen molar-refractivity contribution in [2.45, 2.75) is 32.3 Å². The van der Waals surface area contributed by atoms with Crippen LogP contribution in [0.1, 0.15) is 36.7 Å². The molecular weight excluding hydrogens is 336 g/mol. The molecule has 2 aromatic rings. The zero-order valence-electron chi connectivity index (χ0n) is 14.8. The normalized spacial score (nSPS) is 19.3. The second kappa shape index (κ2) is 7.59. The van der Waals surface area contributed by atoms with E-state index in [9.17, 15) is 14.7 Å². The van der Waals surface area contributed by atoms with Crippen molar-refractivity contribution >= 4 is 11.9 Å². The van der Waals surface area contributed by atoms with E-state index >= 15 is 0 Å². The van der Waals surface area contributed by atoms with Gasteiger partial charge >= 0.3 is 11.9 Å². The van der Waals surface area contributed by atoms with Gasteiger partial charge in [-0.15, -0.1) is 0 Å². The highest BCUT2D eigenvalue weighted by Crippen LogP contribution is 2.31. The van der Waals surface area contributed by atoms with Gasteiger partial charge in [0.1, 0.15) is 5.75 Å². The summed E-state index contributed by atoms with van der Waals surface area (Å²) in [6.07, 6.45) is 3.78. The SMILES string of the molecule is CCOC(=O)[C@H]1CC[C@H](Oc2ccc(-c3cnn(C)c3C(=O)O)cc2)C1. The predicted molar refractivity (Wildman–Crippen MR) is 94.0 cm³/mol. The van der Waals surface area contributed by atoms with Crippen molar-refractivity contribution in [1.29, 1.82) is 0 Å². The molecule has 1 aromatic heterocycles. The fourth-order valence-electron chi connectivity index (χ4n) is 3.33. The minimum absolute atomic E-state index is 0.0109. The molecule has 1 aliphatic rings. The van der Waals surface area contributed by atoms with E-state index in [-0.39, 0.29) is 23.7 Å². The lowest BCUT2D eigenvalue weighted by Crippen LogP contribution is -2.18. The third-order valence-corrected chi connectivity index (χ3v) is 4.61. The Bertz CT molecular complexity index is 797. The number of hydrogen-bond acceptors (Lipinski definition) is 5. The van der Waals surface area contributed by atoms with Gasteiger partial charge < -0.3 is 14.6 Å². The van der Waals surface area contributed by atoms with E-state index in [1.807, 2.05) is 24.3 Å². The Balaban J connectivity index is 1.66. The van der Waals surface area contributed by atoms with Crippen molar-refractivity contribution in [3.8, 4) is 16.9 Å². The van der Waals surface area contributed by atoms with Crippen LogP contribution in [0, 0.1) is 5.92 Å². The van der Waals surface area contributed by atoms with Crippen LogP contribution in [0.3, 0.4) is 0 Å². The molecule has 1 aromatic carbocycles. The smallest absolute Gasteiger partial charge is 0.354 e. The monoisotopic (exact) mass is 358 g/mol. The summed E-state index contributed by atoms with van der Waals surface area (Å²) in [7, 11) is 1.60. The zero-order valence-corrected chi connectivity index (χ0v) is 14.8. The van der Waals surface area contributed by atoms with Crippen LogP contribution in [-0.2, 0) is 16.6 Å². The first kappa shape index (κ1) is 18.0. The maximum Gasteiger partial charge on any atom is 0.354 e. The lowest BCUT2D eigenvalue weighted by molar-refractivity contribution is -0.147. The Hall–Kier alpha value is -2.83. The molecule has 1 saturated carbocycles. The first-order valence-electron chi connectivity index (χ1n) is 8.68. The highest BCUT2D eigenvalue weighted by atomic mass is 16.5. The van der Waals surface area contributed by atoms with Gasteiger partial charge in [-0.05, 0) is 43.9 Å². The molecule has 3 rings (SSSR count). The molecule has 0 radical (unpaired) electrons. The summed E-state index contributed by atoms with van der Waals surface area (Å²) in [6.45, 7) is 2.20. The number of aromatic nitrogens is 2. The topological polar surface area (TPSA) is 90.7 Å². The molecular formula is C19H22N2O5. The Morgan fingerprint density at radius 3 is 2.65 bits per heavy atom. The van der Waals surface area contributed by atoms with Gasteiger partial charge in [0.25, 0.3) is 0 Å². The third-order valence-electron chi connectivity index (χ3n) is 4.61. The summed E-state index contributed by atoms with van der Waals surface area (Å²) in [5.74, 6) is -0.556. The number of carboxylic acids is 1. The van der Waals surface area contributed by atoms with Crippen molar-refractivity contribution < 1.29 is 24.2 Å². The van der Waals surface area contributed by atoms with Gasteiger partial charge in [-0.2, -0.15) is 5.10 Å². The maximum absolute atomic E-state index is 11.8. The van der Waals surface area contributed by atoms with Crippen LogP contribution in [0.25, 0.3) is 11.1 Å². The number of esters is 1. The average molecular weight is 358 g/mol. The number of carbonyl (C=O) groups is 2. The van der Waals surface area contributed by atoms with Gasteiger partial charge in [0.15, 0.2) is 5.69 Å². The van der Waals surface area contributed by atoms with Gasteiger partial charge in [-0.3, -0.25) is 9.48 Å². The van der Waals surface area contributed by atoms with E-state index in [4.69, 9.17) is 9.47 Å². The highest BCUT2D eigenvalue weighted by molar-refractivity contribution is 5.94. The molecule has 7 nitrogen and oxygen atoms in total. The zero-order chi connectivity index (χ0) is 18.7. The van der Waals surface area contributed by atoms with Gasteiger partial charge in [0.05, 0.1) is 24.8 Å². The first-order valence-corrected chi connectivity index (χ1v) is 8.68. The summed E-state index contributed by atoms with van der Waals surface area (Å²) >= 11 is 0. The standard InChI is InChI=1S/C19H22N2O5/c1-3-25-19(24)13-6-9-15(10-13)26-14-7-4-12(5-8-14)16-11-20-21(2)17(16)18(22)23/h4-5,7-8,11,13,15H,3,6,9-10H2,1-2H3,(H,22,23)/t13-,15-/m0/s1. The van der Waals surface area contributed by atoms with Crippen molar-refractivity contribution in [2.24, 2.45) is 13.0 Å². The van der Waals surface area contributed by atoms with E-state index in [1.165, 1.54) is 4.68 Å². The van der Waals surface area contributed by atoms with Crippen LogP contribution in [0.5, 0.6) is 5.75 Å². The third kappa shape index (κ3) is 3.71. The van der Waals surface area contributed by atoms with Gasteiger partial charge in [0, 0.05) is 12.6 Å². The molecule has 2 atom stereocenters. The molecule has 0 spiro atoms. The molecule has 0 amide bonds. The number of ether oxygens (including phenoxy) is 2. The Labute approximate surface area is 151 Å². The number of hydrogen-bond donors (Lipinski definition) is 1. The molecule has 1 heterocycles. The van der Waals surface area contributed by atoms with Crippen LogP contribution < -0.4 is 4.74 Å². The number of benzene rings is 1. The van der Waals surface area contributed by atoms with Crippen molar-refractivity contribution in [3.63, 3.8) is 0 Å². The van der Waals surface area contributed by atoms with Crippen LogP contribution in [0.4, 0.5) is 0 Å². The molecule has 1 N–H and O–H groups in total. The minimum atomic E-state index is -1.02. The summed E-state index contributed by atoms with van der Waals surface area (Å²) in [5, 5.41) is 13.3. The quantitative estimate of drug-likeness (QED) is 0.799. The van der Waals surface area contributed by atoms with Gasteiger partial charge in [-0.1, -0.05) is 12.1 Å². The Morgan fingerprint density at radius 1 is 1.27 bits per heavy atom. The Morgan fingerprint density at radius 2 is 2.00 bits per heavy atom. The lowest BCUT2D eigenvalue weighted by atomic mass is 10.1. The number of carboxylic acid groups (broad SMARTS) is 1. The molecule has 7 heteroatoms. The maximum atomic E-state index is 11.8. The lowest BCUT2D eigenvalue weighted by Gasteiger charge is -2.14. The van der Waals surface area contributed by atoms with Gasteiger partial charge in [0.2, 0.25) is 0 Å². The summed E-state index contributed by atoms with van der Waals surface area (Å²) < 4.78 is 12.4. The molecule has 0 bridgehead atoms. The van der Waals surface area contributed by atoms with Crippen LogP contribution in [-0.4, -0.2) is 39.5 Å². The molecule has 1 fully saturated rings. The summed E-state index contributed by atoms with van der Waals surface area (Å²) in [6, 6.07) is 7.25. The molecule has 138 valence electrons. The van der Waals surface area contributed by atoms with Crippen molar-refractivity contribution in [2.75, 3.05) is 6.61 Å². The molecule has 1 aliphatic carbocycles. The molecule has 0 saturated heterocycles. The van der Waals surface area contributed by atoms with Crippen LogP contribution in [0.15, 0.2) is 30.5 Å². The molecule has 0 unspecified atom stereocenters. The van der Waals surface area contributed by atoms with E-state index in [0.717, 1.165) is 18.4 Å². The average Bonchev–Trinajstić information content (AvgIpc) is 3.22. The number of aromatic carboxylic acids is 1. The van der Waals surface area contributed by atoms with E-state index < -0.39 is 5.97 Å². The summed E-state index contributed by atoms with van der Waals surface area (Å²) in [5.41, 5.74) is 1.47. The second-order valence-electron chi connectivity index (χ2n) is 6.36. The fraction of sp³-hybridized carbons (Fsp3) is 0.421. The fourth-order valence-corrected chi connectivity index (χ4v) is 3.33. The summed E-state index contributed by atoms with van der Waals surface area (Å²) in [4.78, 5) is 23.2. The largest absolute Gasteiger partial charge is 0.490 e. The first-order chi connectivity index (χ1) is 12.5. The van der Waals surface area contributed by atoms with Gasteiger partial charge in [-0.25, -0.2) is 4.79 Å². The minimum Gasteiger partial charge on any atom is -0.490 e. The number of aryl methyl sites for hydroxylation is 1. The van der Waals surface area contributed by atoms with E-state index in [2.05, 4.69) is 5.10 Å². The number of carbonyl (C=O) groups excluding carboxylic acids is 1. The molecule has 26 heavy (non-hydrogen) atoms. The van der Waals surface area contributed by atoms with Crippen molar-refractivity contribution in [3.05, 3.63) is 36.2 Å². The number of nitrogens with zero attached hydrogens (tertiary/aromatic N) is 2. The predicted octanol–water partition coefficient (Wildman–Crippen LogP) is 2.90. The van der Waals surface area contributed by atoms with Crippen molar-refractivity contribution in [1.82, 2.24) is 9.78 Å². The van der Waals surface area contributed by atoms with E-state index in [0.29, 0.717) is 24.3 Å². The highest BCUT2D eigenvalue weighted by Gasteiger charge is 2.32. The Kier molecular flexibility index (Phi) is 5.25. The van der Waals surface area contributed by atoms with Crippen LogP contribution in [0.2, 0.25) is 0 Å².